The number of carbonyl (C=O) groups excluding carboxylic acids is 1. The zero-order valence-corrected chi connectivity index (χ0v) is 23.7. The van der Waals surface area contributed by atoms with Gasteiger partial charge in [-0.2, -0.15) is 10.1 Å². The van der Waals surface area contributed by atoms with Gasteiger partial charge in [0.2, 0.25) is 0 Å². The molecule has 1 N–H and O–H groups in total. The molecule has 2 amide bonds. The van der Waals surface area contributed by atoms with Crippen molar-refractivity contribution >= 4 is 34.9 Å². The molecule has 0 unspecified atom stereocenters. The summed E-state index contributed by atoms with van der Waals surface area (Å²) in [7, 11) is 0. The standard InChI is InChI=1S/C29H25F4N7O2S/c1-18(2)24-15-21(30)7-12-25(24)39-13-14-43-28(39)36-27(41)37-35-16-19-3-5-20(6-4-19)26-34-17-40(38-26)22-8-10-23(11-9-22)42-29(31,32)33/h3-12,15-18H,13-14H2,1-2H3,(H,37,41)/b35-16+,36-28-. The first-order chi connectivity index (χ1) is 20.6. The third-order valence-corrected chi connectivity index (χ3v) is 7.20. The molecule has 0 aliphatic carbocycles. The Bertz CT molecular complexity index is 1650. The number of carbonyl (C=O) groups is 1. The average Bonchev–Trinajstić information content (AvgIpc) is 3.63. The van der Waals surface area contributed by atoms with Gasteiger partial charge in [-0.3, -0.25) is 0 Å². The molecule has 1 fully saturated rings. The molecule has 3 aromatic carbocycles. The van der Waals surface area contributed by atoms with E-state index < -0.39 is 12.4 Å². The minimum atomic E-state index is -4.76. The Hall–Kier alpha value is -4.72. The number of amidine groups is 1. The van der Waals surface area contributed by atoms with Crippen molar-refractivity contribution in [2.75, 3.05) is 17.2 Å². The third kappa shape index (κ3) is 7.57. The Kier molecular flexibility index (Phi) is 8.76. The molecule has 1 aliphatic rings. The van der Waals surface area contributed by atoms with Crippen LogP contribution < -0.4 is 15.1 Å². The number of aliphatic imine (C=N–C) groups is 1. The minimum Gasteiger partial charge on any atom is -0.406 e. The molecule has 5 rings (SSSR count). The summed E-state index contributed by atoms with van der Waals surface area (Å²) >= 11 is 1.44. The van der Waals surface area contributed by atoms with Crippen LogP contribution in [0.1, 0.15) is 30.9 Å². The summed E-state index contributed by atoms with van der Waals surface area (Å²) in [5.74, 6) is 0.602. The number of nitrogens with one attached hydrogen (secondary N) is 1. The summed E-state index contributed by atoms with van der Waals surface area (Å²) < 4.78 is 56.3. The van der Waals surface area contributed by atoms with E-state index in [0.717, 1.165) is 17.0 Å². The van der Waals surface area contributed by atoms with Crippen molar-refractivity contribution < 1.29 is 27.1 Å². The van der Waals surface area contributed by atoms with Gasteiger partial charge in [0.05, 0.1) is 11.9 Å². The van der Waals surface area contributed by atoms with Crippen LogP contribution in [0.3, 0.4) is 0 Å². The fraction of sp³-hybridized carbons (Fsp3) is 0.207. The van der Waals surface area contributed by atoms with Crippen LogP contribution in [0.5, 0.6) is 5.75 Å². The van der Waals surface area contributed by atoms with Crippen molar-refractivity contribution in [1.82, 2.24) is 20.2 Å². The number of ether oxygens (including phenoxy) is 1. The highest BCUT2D eigenvalue weighted by Gasteiger charge is 2.31. The number of nitrogens with zero attached hydrogens (tertiary/aromatic N) is 6. The zero-order valence-electron chi connectivity index (χ0n) is 22.9. The SMILES string of the molecule is CC(C)c1cc(F)ccc1N1CCS/C1=N\C(=O)N/N=C/c1ccc(-c2ncn(-c3ccc(OC(F)(F)F)cc3)n2)cc1. The molecule has 0 radical (unpaired) electrons. The Morgan fingerprint density at radius 1 is 1.09 bits per heavy atom. The van der Waals surface area contributed by atoms with Crippen molar-refractivity contribution in [1.29, 1.82) is 0 Å². The highest BCUT2D eigenvalue weighted by Crippen LogP contribution is 2.33. The summed E-state index contributed by atoms with van der Waals surface area (Å²) in [6.07, 6.45) is -1.85. The Labute approximate surface area is 248 Å². The minimum absolute atomic E-state index is 0.0939. The van der Waals surface area contributed by atoms with E-state index in [0.29, 0.717) is 34.4 Å². The summed E-state index contributed by atoms with van der Waals surface area (Å²) in [5, 5.41) is 8.88. The molecule has 1 aliphatic heterocycles. The van der Waals surface area contributed by atoms with E-state index in [1.54, 1.807) is 30.3 Å². The lowest BCUT2D eigenvalue weighted by molar-refractivity contribution is -0.274. The van der Waals surface area contributed by atoms with E-state index >= 15 is 0 Å². The lowest BCUT2D eigenvalue weighted by Crippen LogP contribution is -2.27. The maximum absolute atomic E-state index is 13.8. The molecule has 14 heteroatoms. The van der Waals surface area contributed by atoms with Crippen molar-refractivity contribution in [3.63, 3.8) is 0 Å². The first kappa shape index (κ1) is 29.8. The van der Waals surface area contributed by atoms with Gasteiger partial charge in [-0.1, -0.05) is 49.9 Å². The number of anilines is 1. The van der Waals surface area contributed by atoms with Crippen LogP contribution in [0.2, 0.25) is 0 Å². The number of hydrogen-bond donors (Lipinski definition) is 1. The predicted octanol–water partition coefficient (Wildman–Crippen LogP) is 6.75. The molecular weight excluding hydrogens is 586 g/mol. The van der Waals surface area contributed by atoms with Gasteiger partial charge in [-0.05, 0) is 59.5 Å². The second-order valence-corrected chi connectivity index (χ2v) is 10.7. The molecule has 1 saturated heterocycles. The van der Waals surface area contributed by atoms with Crippen molar-refractivity contribution in [2.24, 2.45) is 10.1 Å². The largest absolute Gasteiger partial charge is 0.573 e. The van der Waals surface area contributed by atoms with Crippen LogP contribution in [0.25, 0.3) is 17.1 Å². The second-order valence-electron chi connectivity index (χ2n) is 9.60. The second kappa shape index (κ2) is 12.7. The Morgan fingerprint density at radius 3 is 2.53 bits per heavy atom. The van der Waals surface area contributed by atoms with Crippen LogP contribution >= 0.6 is 11.8 Å². The van der Waals surface area contributed by atoms with Crippen molar-refractivity contribution in [2.45, 2.75) is 26.1 Å². The average molecular weight is 612 g/mol. The van der Waals surface area contributed by atoms with E-state index in [1.165, 1.54) is 65.4 Å². The predicted molar refractivity (Wildman–Crippen MR) is 157 cm³/mol. The number of urea groups is 1. The smallest absolute Gasteiger partial charge is 0.406 e. The number of thioether (sulfide) groups is 1. The molecule has 1 aromatic heterocycles. The fourth-order valence-electron chi connectivity index (χ4n) is 4.26. The normalized spacial score (nSPS) is 14.7. The van der Waals surface area contributed by atoms with Crippen LogP contribution in [0, 0.1) is 5.82 Å². The number of benzene rings is 3. The van der Waals surface area contributed by atoms with Crippen molar-refractivity contribution in [3.05, 3.63) is 90.0 Å². The fourth-order valence-corrected chi connectivity index (χ4v) is 5.21. The van der Waals surface area contributed by atoms with Gasteiger partial charge in [0, 0.05) is 23.5 Å². The van der Waals surface area contributed by atoms with Gasteiger partial charge in [0.1, 0.15) is 17.9 Å². The Balaban J connectivity index is 1.19. The van der Waals surface area contributed by atoms with Crippen LogP contribution in [0.4, 0.5) is 28.0 Å². The van der Waals surface area contributed by atoms with Gasteiger partial charge in [-0.15, -0.1) is 18.3 Å². The molecule has 0 atom stereocenters. The number of alkyl halides is 3. The van der Waals surface area contributed by atoms with Gasteiger partial charge in [0.25, 0.3) is 0 Å². The van der Waals surface area contributed by atoms with E-state index in [9.17, 15) is 22.4 Å². The number of rotatable bonds is 7. The molecule has 0 saturated carbocycles. The molecule has 43 heavy (non-hydrogen) atoms. The molecular formula is C29H25F4N7O2S. The number of amides is 2. The van der Waals surface area contributed by atoms with Crippen molar-refractivity contribution in [3.8, 4) is 22.8 Å². The first-order valence-electron chi connectivity index (χ1n) is 13.1. The molecule has 4 aromatic rings. The molecule has 0 spiro atoms. The van der Waals surface area contributed by atoms with Gasteiger partial charge in [0.15, 0.2) is 11.0 Å². The van der Waals surface area contributed by atoms with E-state index in [-0.39, 0.29) is 17.5 Å². The molecule has 2 heterocycles. The lowest BCUT2D eigenvalue weighted by atomic mass is 10.0. The summed E-state index contributed by atoms with van der Waals surface area (Å²) in [6.45, 7) is 4.62. The van der Waals surface area contributed by atoms with Gasteiger partial charge < -0.3 is 9.64 Å². The number of hydrogen-bond acceptors (Lipinski definition) is 6. The quantitative estimate of drug-likeness (QED) is 0.141. The van der Waals surface area contributed by atoms with Crippen LogP contribution in [0.15, 0.2) is 83.2 Å². The maximum Gasteiger partial charge on any atom is 0.573 e. The molecule has 9 nitrogen and oxygen atoms in total. The third-order valence-electron chi connectivity index (χ3n) is 6.25. The molecule has 0 bridgehead atoms. The number of aromatic nitrogens is 3. The van der Waals surface area contributed by atoms with E-state index in [4.69, 9.17) is 0 Å². The van der Waals surface area contributed by atoms with Crippen LogP contribution in [-0.2, 0) is 0 Å². The Morgan fingerprint density at radius 2 is 1.84 bits per heavy atom. The maximum atomic E-state index is 13.8. The van der Waals surface area contributed by atoms with Gasteiger partial charge in [-0.25, -0.2) is 24.3 Å². The highest BCUT2D eigenvalue weighted by molar-refractivity contribution is 8.14. The van der Waals surface area contributed by atoms with Crippen LogP contribution in [-0.4, -0.2) is 50.8 Å². The van der Waals surface area contributed by atoms with E-state index in [2.05, 4.69) is 30.3 Å². The van der Waals surface area contributed by atoms with E-state index in [1.807, 2.05) is 18.7 Å². The van der Waals surface area contributed by atoms with Gasteiger partial charge >= 0.3 is 12.4 Å². The number of hydrazone groups is 1. The number of halogens is 4. The lowest BCUT2D eigenvalue weighted by Gasteiger charge is -2.23. The summed E-state index contributed by atoms with van der Waals surface area (Å²) in [4.78, 5) is 22.8. The summed E-state index contributed by atoms with van der Waals surface area (Å²) in [6, 6.07) is 16.3. The highest BCUT2D eigenvalue weighted by atomic mass is 32.2. The summed E-state index contributed by atoms with van der Waals surface area (Å²) in [5.41, 5.74) is 5.97. The molecule has 222 valence electrons. The first-order valence-corrected chi connectivity index (χ1v) is 14.0. The monoisotopic (exact) mass is 611 g/mol. The topological polar surface area (TPSA) is 97.0 Å². The zero-order chi connectivity index (χ0) is 30.6.